The fraction of sp³-hybridized carbons (Fsp3) is 0.467. The predicted octanol–water partition coefficient (Wildman–Crippen LogP) is 0.181. The van der Waals surface area contributed by atoms with Crippen molar-refractivity contribution < 1.29 is 14.3 Å². The summed E-state index contributed by atoms with van der Waals surface area (Å²) >= 11 is 0. The van der Waals surface area contributed by atoms with E-state index in [4.69, 9.17) is 4.42 Å². The summed E-state index contributed by atoms with van der Waals surface area (Å²) in [7, 11) is 0. The average Bonchev–Trinajstić information content (AvgIpc) is 3.13. The molecule has 3 rings (SSSR count). The van der Waals surface area contributed by atoms with Crippen LogP contribution in [0.3, 0.4) is 0 Å². The minimum Gasteiger partial charge on any atom is -0.472 e. The topological polar surface area (TPSA) is 74.7 Å². The number of amides is 1. The van der Waals surface area contributed by atoms with E-state index < -0.39 is 6.10 Å². The number of carbonyl (C=O) groups is 1. The highest BCUT2D eigenvalue weighted by atomic mass is 16.3. The van der Waals surface area contributed by atoms with Crippen molar-refractivity contribution in [3.05, 3.63) is 42.6 Å². The van der Waals surface area contributed by atoms with Crippen LogP contribution in [0.25, 0.3) is 0 Å². The van der Waals surface area contributed by atoms with Crippen LogP contribution in [0.5, 0.6) is 0 Å². The van der Waals surface area contributed by atoms with Crippen molar-refractivity contribution in [2.75, 3.05) is 26.2 Å². The van der Waals surface area contributed by atoms with Crippen molar-refractivity contribution in [3.63, 3.8) is 0 Å². The molecule has 0 saturated carbocycles. The van der Waals surface area contributed by atoms with Gasteiger partial charge in [-0.2, -0.15) is 5.10 Å². The van der Waals surface area contributed by atoms with Crippen LogP contribution in [0.4, 0.5) is 0 Å². The van der Waals surface area contributed by atoms with E-state index in [-0.39, 0.29) is 12.5 Å². The second-order valence-corrected chi connectivity index (χ2v) is 5.56. The summed E-state index contributed by atoms with van der Waals surface area (Å²) in [6.45, 7) is 3.18. The number of rotatable bonds is 4. The van der Waals surface area contributed by atoms with Gasteiger partial charge in [0, 0.05) is 50.7 Å². The van der Waals surface area contributed by atoms with Gasteiger partial charge < -0.3 is 14.4 Å². The molecule has 7 nitrogen and oxygen atoms in total. The first-order valence-corrected chi connectivity index (χ1v) is 7.37. The molecule has 0 spiro atoms. The summed E-state index contributed by atoms with van der Waals surface area (Å²) in [4.78, 5) is 16.2. The predicted molar refractivity (Wildman–Crippen MR) is 78.8 cm³/mol. The molecule has 2 aromatic heterocycles. The zero-order valence-corrected chi connectivity index (χ0v) is 12.3. The maximum Gasteiger partial charge on any atom is 0.244 e. The molecule has 1 amide bonds. The first-order chi connectivity index (χ1) is 10.7. The largest absolute Gasteiger partial charge is 0.472 e. The normalized spacial score (nSPS) is 20.0. The number of aliphatic hydroxyl groups is 1. The van der Waals surface area contributed by atoms with Gasteiger partial charge in [0.1, 0.15) is 6.54 Å². The molecule has 1 fully saturated rings. The molecule has 2 aromatic rings. The van der Waals surface area contributed by atoms with Crippen LogP contribution in [-0.2, 0) is 17.9 Å². The van der Waals surface area contributed by atoms with Crippen LogP contribution in [0, 0.1) is 0 Å². The van der Waals surface area contributed by atoms with Gasteiger partial charge in [0.2, 0.25) is 5.91 Å². The van der Waals surface area contributed by atoms with E-state index >= 15 is 0 Å². The molecule has 3 heterocycles. The first-order valence-electron chi connectivity index (χ1n) is 7.37. The molecular weight excluding hydrogens is 284 g/mol. The Kier molecular flexibility index (Phi) is 4.55. The Morgan fingerprint density at radius 2 is 2.32 bits per heavy atom. The third-order valence-corrected chi connectivity index (χ3v) is 3.78. The molecule has 0 radical (unpaired) electrons. The number of nitrogens with zero attached hydrogens (tertiary/aromatic N) is 4. The van der Waals surface area contributed by atoms with Crippen molar-refractivity contribution in [1.82, 2.24) is 19.6 Å². The van der Waals surface area contributed by atoms with Gasteiger partial charge in [-0.25, -0.2) is 0 Å². The Bertz CT molecular complexity index is 582. The molecule has 1 atom stereocenters. The fourth-order valence-corrected chi connectivity index (χ4v) is 2.70. The van der Waals surface area contributed by atoms with E-state index in [1.54, 1.807) is 40.6 Å². The zero-order chi connectivity index (χ0) is 15.4. The molecule has 22 heavy (non-hydrogen) atoms. The number of carbonyl (C=O) groups excluding carboxylic acids is 1. The summed E-state index contributed by atoms with van der Waals surface area (Å²) < 4.78 is 6.67. The lowest BCUT2D eigenvalue weighted by Gasteiger charge is -2.21. The van der Waals surface area contributed by atoms with E-state index in [2.05, 4.69) is 10.00 Å². The zero-order valence-electron chi connectivity index (χ0n) is 12.3. The van der Waals surface area contributed by atoms with Gasteiger partial charge >= 0.3 is 0 Å². The molecule has 0 bridgehead atoms. The molecule has 0 aromatic carbocycles. The van der Waals surface area contributed by atoms with E-state index in [9.17, 15) is 9.90 Å². The Morgan fingerprint density at radius 3 is 3.05 bits per heavy atom. The lowest BCUT2D eigenvalue weighted by atomic mass is 10.3. The van der Waals surface area contributed by atoms with Crippen molar-refractivity contribution in [2.45, 2.75) is 19.2 Å². The summed E-state index contributed by atoms with van der Waals surface area (Å²) in [6.07, 6.45) is 6.21. The average molecular weight is 304 g/mol. The molecule has 1 saturated heterocycles. The SMILES string of the molecule is O=C(Cn1cccn1)N1CCN(Cc2ccoc2)CC(O)C1. The monoisotopic (exact) mass is 304 g/mol. The number of aromatic nitrogens is 2. The Hall–Kier alpha value is -2.12. The van der Waals surface area contributed by atoms with Gasteiger partial charge in [-0.15, -0.1) is 0 Å². The third kappa shape index (κ3) is 3.75. The number of aliphatic hydroxyl groups excluding tert-OH is 1. The van der Waals surface area contributed by atoms with E-state index in [0.717, 1.165) is 18.7 Å². The number of β-amino-alcohol motifs (C(OH)–C–C–N with tert-alkyl or cyclic N) is 1. The molecule has 1 unspecified atom stereocenters. The lowest BCUT2D eigenvalue weighted by molar-refractivity contribution is -0.132. The molecule has 1 N–H and O–H groups in total. The molecule has 118 valence electrons. The van der Waals surface area contributed by atoms with Gasteiger partial charge in [0.05, 0.1) is 18.6 Å². The van der Waals surface area contributed by atoms with Gasteiger partial charge in [0.15, 0.2) is 0 Å². The molecule has 1 aliphatic rings. The van der Waals surface area contributed by atoms with Crippen LogP contribution >= 0.6 is 0 Å². The Morgan fingerprint density at radius 1 is 1.41 bits per heavy atom. The highest BCUT2D eigenvalue weighted by Gasteiger charge is 2.24. The van der Waals surface area contributed by atoms with Crippen LogP contribution in [-0.4, -0.2) is 62.9 Å². The molecule has 0 aliphatic carbocycles. The highest BCUT2D eigenvalue weighted by Crippen LogP contribution is 2.10. The van der Waals surface area contributed by atoms with Crippen molar-refractivity contribution in [2.24, 2.45) is 0 Å². The molecular formula is C15H20N4O3. The van der Waals surface area contributed by atoms with E-state index in [1.165, 1.54) is 0 Å². The van der Waals surface area contributed by atoms with Crippen molar-refractivity contribution in [3.8, 4) is 0 Å². The fourth-order valence-electron chi connectivity index (χ4n) is 2.70. The van der Waals surface area contributed by atoms with Gasteiger partial charge in [-0.3, -0.25) is 14.4 Å². The van der Waals surface area contributed by atoms with Gasteiger partial charge in [-0.1, -0.05) is 0 Å². The second kappa shape index (κ2) is 6.76. The minimum atomic E-state index is -0.545. The van der Waals surface area contributed by atoms with E-state index in [0.29, 0.717) is 19.6 Å². The number of hydrogen-bond donors (Lipinski definition) is 1. The number of furan rings is 1. The minimum absolute atomic E-state index is 0.0205. The smallest absolute Gasteiger partial charge is 0.244 e. The quantitative estimate of drug-likeness (QED) is 0.872. The van der Waals surface area contributed by atoms with Crippen LogP contribution in [0.1, 0.15) is 5.56 Å². The highest BCUT2D eigenvalue weighted by molar-refractivity contribution is 5.76. The maximum atomic E-state index is 12.3. The second-order valence-electron chi connectivity index (χ2n) is 5.56. The van der Waals surface area contributed by atoms with Crippen LogP contribution in [0.2, 0.25) is 0 Å². The van der Waals surface area contributed by atoms with Crippen molar-refractivity contribution >= 4 is 5.91 Å². The third-order valence-electron chi connectivity index (χ3n) is 3.78. The van der Waals surface area contributed by atoms with E-state index in [1.807, 2.05) is 6.07 Å². The summed E-state index contributed by atoms with van der Waals surface area (Å²) in [6, 6.07) is 3.70. The summed E-state index contributed by atoms with van der Waals surface area (Å²) in [5.74, 6) is -0.0205. The van der Waals surface area contributed by atoms with Crippen LogP contribution < -0.4 is 0 Å². The lowest BCUT2D eigenvalue weighted by Crippen LogP contribution is -2.39. The Balaban J connectivity index is 1.57. The molecule has 7 heteroatoms. The van der Waals surface area contributed by atoms with Gasteiger partial charge in [0.25, 0.3) is 0 Å². The van der Waals surface area contributed by atoms with Crippen LogP contribution in [0.15, 0.2) is 41.5 Å². The van der Waals surface area contributed by atoms with Crippen molar-refractivity contribution in [1.29, 1.82) is 0 Å². The summed E-state index contributed by atoms with van der Waals surface area (Å²) in [5, 5.41) is 14.2. The summed E-state index contributed by atoms with van der Waals surface area (Å²) in [5.41, 5.74) is 1.07. The first kappa shape index (κ1) is 14.8. The standard InChI is InChI=1S/C15H20N4O3/c20-14-9-17(8-13-2-7-22-12-13)5-6-18(10-14)15(21)11-19-4-1-3-16-19/h1-4,7,12,14,20H,5-6,8-11H2. The van der Waals surface area contributed by atoms with Gasteiger partial charge in [-0.05, 0) is 12.1 Å². The Labute approximate surface area is 128 Å². The number of hydrogen-bond acceptors (Lipinski definition) is 5. The molecule has 1 aliphatic heterocycles. The maximum absolute atomic E-state index is 12.3.